The van der Waals surface area contributed by atoms with E-state index in [9.17, 15) is 14.4 Å². The number of esters is 1. The van der Waals surface area contributed by atoms with E-state index in [1.807, 2.05) is 62.4 Å². The van der Waals surface area contributed by atoms with Gasteiger partial charge in [0.05, 0.1) is 6.61 Å². The van der Waals surface area contributed by atoms with Crippen molar-refractivity contribution in [3.63, 3.8) is 0 Å². The minimum absolute atomic E-state index is 0.169. The summed E-state index contributed by atoms with van der Waals surface area (Å²) in [5.41, 5.74) is 0.886. The molecule has 0 spiro atoms. The first-order valence-electron chi connectivity index (χ1n) is 10.4. The highest BCUT2D eigenvalue weighted by atomic mass is 16.6. The Morgan fingerprint density at radius 2 is 1.62 bits per heavy atom. The number of hydrogen-bond donors (Lipinski definition) is 3. The second-order valence-electron chi connectivity index (χ2n) is 5.93. The number of carbonyl (C=O) groups excluding carboxylic acids is 3. The number of carbonyl (C=O) groups is 3. The highest BCUT2D eigenvalue weighted by Gasteiger charge is 2.16. The molecule has 2 amide bonds. The van der Waals surface area contributed by atoms with E-state index in [2.05, 4.69) is 24.1 Å². The molecule has 1 unspecified atom stereocenters. The summed E-state index contributed by atoms with van der Waals surface area (Å²) in [6.45, 7) is 14.3. The number of aliphatic hydroxyl groups is 1. The Hall–Kier alpha value is -3.13. The Bertz CT molecular complexity index is 629. The fourth-order valence-electron chi connectivity index (χ4n) is 1.38. The Balaban J connectivity index is -0.000000491. The number of amides is 2. The molecule has 0 aliphatic rings. The summed E-state index contributed by atoms with van der Waals surface area (Å²) < 4.78 is 9.73. The van der Waals surface area contributed by atoms with Crippen LogP contribution in [-0.2, 0) is 25.7 Å². The molecule has 0 saturated carbocycles. The van der Waals surface area contributed by atoms with Crippen LogP contribution in [0.3, 0.4) is 0 Å². The summed E-state index contributed by atoms with van der Waals surface area (Å²) in [6, 6.07) is 8.58. The zero-order chi connectivity index (χ0) is 25.2. The molecule has 3 N–H and O–H groups in total. The number of nitrogens with one attached hydrogen (secondary N) is 2. The third-order valence-corrected chi connectivity index (χ3v) is 3.14. The van der Waals surface area contributed by atoms with Crippen LogP contribution in [0.5, 0.6) is 0 Å². The van der Waals surface area contributed by atoms with Gasteiger partial charge in [0.1, 0.15) is 19.4 Å². The van der Waals surface area contributed by atoms with Crippen molar-refractivity contribution < 1.29 is 29.0 Å². The molecule has 8 heteroatoms. The Labute approximate surface area is 192 Å². The molecule has 182 valence electrons. The van der Waals surface area contributed by atoms with Crippen molar-refractivity contribution in [2.24, 2.45) is 0 Å². The molecule has 1 aromatic rings. The van der Waals surface area contributed by atoms with Gasteiger partial charge in [0.25, 0.3) is 0 Å². The monoisotopic (exact) mass is 452 g/mol. The van der Waals surface area contributed by atoms with Crippen LogP contribution >= 0.6 is 0 Å². The fraction of sp³-hybridized carbons (Fsp3) is 0.458. The van der Waals surface area contributed by atoms with E-state index in [1.54, 1.807) is 13.8 Å². The summed E-state index contributed by atoms with van der Waals surface area (Å²) in [6.07, 6.45) is 6.32. The number of alkyl carbamates (subject to hydrolysis) is 1. The minimum Gasteiger partial charge on any atom is -0.464 e. The lowest BCUT2D eigenvalue weighted by Crippen LogP contribution is -2.39. The van der Waals surface area contributed by atoms with Gasteiger partial charge < -0.3 is 25.2 Å². The molecule has 0 radical (unpaired) electrons. The summed E-state index contributed by atoms with van der Waals surface area (Å²) >= 11 is 0. The van der Waals surface area contributed by atoms with E-state index in [-0.39, 0.29) is 25.9 Å². The SMILES string of the molecule is C/C=C\C.C=CCC.CC(=O)NCO.CCOC(=O)C(C)NC(=O)OCc1ccccc1. The van der Waals surface area contributed by atoms with Crippen LogP contribution in [0.25, 0.3) is 0 Å². The van der Waals surface area contributed by atoms with Gasteiger partial charge in [-0.15, -0.1) is 6.58 Å². The third kappa shape index (κ3) is 26.9. The van der Waals surface area contributed by atoms with Crippen LogP contribution < -0.4 is 10.6 Å². The highest BCUT2D eigenvalue weighted by molar-refractivity contribution is 5.80. The van der Waals surface area contributed by atoms with Crippen LogP contribution in [0.15, 0.2) is 55.1 Å². The Morgan fingerprint density at radius 1 is 1.09 bits per heavy atom. The maximum absolute atomic E-state index is 11.4. The van der Waals surface area contributed by atoms with E-state index in [4.69, 9.17) is 14.6 Å². The van der Waals surface area contributed by atoms with Crippen LogP contribution in [0.1, 0.15) is 53.5 Å². The Kier molecular flexibility index (Phi) is 27.1. The zero-order valence-electron chi connectivity index (χ0n) is 20.2. The van der Waals surface area contributed by atoms with Gasteiger partial charge in [0.15, 0.2) is 0 Å². The average Bonchev–Trinajstić information content (AvgIpc) is 2.79. The van der Waals surface area contributed by atoms with Gasteiger partial charge in [0.2, 0.25) is 5.91 Å². The van der Waals surface area contributed by atoms with Crippen molar-refractivity contribution in [1.29, 1.82) is 0 Å². The Morgan fingerprint density at radius 3 is 1.97 bits per heavy atom. The smallest absolute Gasteiger partial charge is 0.408 e. The number of aliphatic hydroxyl groups excluding tert-OH is 1. The van der Waals surface area contributed by atoms with Crippen LogP contribution in [0, 0.1) is 0 Å². The molecule has 0 bridgehead atoms. The maximum Gasteiger partial charge on any atom is 0.408 e. The number of hydrogen-bond acceptors (Lipinski definition) is 6. The van der Waals surface area contributed by atoms with Gasteiger partial charge in [0, 0.05) is 6.92 Å². The quantitative estimate of drug-likeness (QED) is 0.326. The molecular formula is C24H40N2O6. The van der Waals surface area contributed by atoms with Gasteiger partial charge in [-0.3, -0.25) is 4.79 Å². The molecule has 0 saturated heterocycles. The summed E-state index contributed by atoms with van der Waals surface area (Å²) in [5.74, 6) is -0.688. The van der Waals surface area contributed by atoms with Crippen molar-refractivity contribution in [1.82, 2.24) is 10.6 Å². The lowest BCUT2D eigenvalue weighted by molar-refractivity contribution is -0.145. The van der Waals surface area contributed by atoms with Gasteiger partial charge in [-0.25, -0.2) is 9.59 Å². The molecule has 0 fully saturated rings. The lowest BCUT2D eigenvalue weighted by atomic mass is 10.2. The molecule has 0 heterocycles. The first kappa shape index (κ1) is 33.5. The molecule has 32 heavy (non-hydrogen) atoms. The van der Waals surface area contributed by atoms with Crippen LogP contribution in [-0.4, -0.2) is 42.5 Å². The lowest BCUT2D eigenvalue weighted by Gasteiger charge is -2.12. The highest BCUT2D eigenvalue weighted by Crippen LogP contribution is 2.00. The minimum atomic E-state index is -0.715. The number of rotatable bonds is 7. The first-order valence-corrected chi connectivity index (χ1v) is 10.4. The summed E-state index contributed by atoms with van der Waals surface area (Å²) in [5, 5.41) is 12.4. The maximum atomic E-state index is 11.4. The predicted octanol–water partition coefficient (Wildman–Crippen LogP) is 4.10. The van der Waals surface area contributed by atoms with Gasteiger partial charge in [-0.2, -0.15) is 0 Å². The second-order valence-corrected chi connectivity index (χ2v) is 5.93. The molecule has 1 rings (SSSR count). The van der Waals surface area contributed by atoms with E-state index in [0.717, 1.165) is 12.0 Å². The van der Waals surface area contributed by atoms with E-state index in [0.29, 0.717) is 0 Å². The van der Waals surface area contributed by atoms with E-state index < -0.39 is 18.1 Å². The first-order chi connectivity index (χ1) is 15.2. The topological polar surface area (TPSA) is 114 Å². The van der Waals surface area contributed by atoms with Crippen molar-refractivity contribution in [2.45, 2.75) is 60.6 Å². The normalized spacial score (nSPS) is 9.84. The molecule has 1 atom stereocenters. The zero-order valence-corrected chi connectivity index (χ0v) is 20.2. The van der Waals surface area contributed by atoms with Crippen LogP contribution in [0.4, 0.5) is 4.79 Å². The van der Waals surface area contributed by atoms with Crippen molar-refractivity contribution in [3.8, 4) is 0 Å². The molecular weight excluding hydrogens is 412 g/mol. The van der Waals surface area contributed by atoms with Gasteiger partial charge in [-0.1, -0.05) is 55.5 Å². The fourth-order valence-corrected chi connectivity index (χ4v) is 1.38. The van der Waals surface area contributed by atoms with Gasteiger partial charge >= 0.3 is 12.1 Å². The van der Waals surface area contributed by atoms with E-state index in [1.165, 1.54) is 6.92 Å². The molecule has 0 aliphatic heterocycles. The van der Waals surface area contributed by atoms with Crippen molar-refractivity contribution in [3.05, 3.63) is 60.7 Å². The second kappa shape index (κ2) is 25.9. The third-order valence-electron chi connectivity index (χ3n) is 3.14. The van der Waals surface area contributed by atoms with Gasteiger partial charge in [-0.05, 0) is 39.7 Å². The number of benzene rings is 1. The van der Waals surface area contributed by atoms with Crippen molar-refractivity contribution >= 4 is 18.0 Å². The van der Waals surface area contributed by atoms with E-state index >= 15 is 0 Å². The summed E-state index contributed by atoms with van der Waals surface area (Å²) in [4.78, 5) is 32.4. The molecule has 0 aliphatic carbocycles. The largest absolute Gasteiger partial charge is 0.464 e. The van der Waals surface area contributed by atoms with Crippen LogP contribution in [0.2, 0.25) is 0 Å². The predicted molar refractivity (Wildman–Crippen MR) is 128 cm³/mol. The van der Waals surface area contributed by atoms with Crippen molar-refractivity contribution in [2.75, 3.05) is 13.3 Å². The number of ether oxygens (including phenoxy) is 2. The summed E-state index contributed by atoms with van der Waals surface area (Å²) in [7, 11) is 0. The number of allylic oxidation sites excluding steroid dienone is 3. The standard InChI is InChI=1S/C13H17NO4.2C4H8.C3H7NO2/c1-3-17-12(15)10(2)14-13(16)18-9-11-7-5-4-6-8-11;2*1-3-4-2;1-3(6)4-2-5/h4-8,10H,3,9H2,1-2H3,(H,14,16);3-4H,1-2H3;3H,1,4H2,2H3;5H,2H2,1H3,(H,4,6)/b;4-3-;;. The molecule has 0 aromatic heterocycles. The average molecular weight is 453 g/mol. The molecule has 1 aromatic carbocycles. The molecule has 8 nitrogen and oxygen atoms in total.